The summed E-state index contributed by atoms with van der Waals surface area (Å²) in [6.45, 7) is 3.73. The van der Waals surface area contributed by atoms with Crippen LogP contribution in [0.15, 0.2) is 47.4 Å². The number of nitrogens with zero attached hydrogens (tertiary/aromatic N) is 2. The van der Waals surface area contributed by atoms with Gasteiger partial charge in [-0.05, 0) is 43.4 Å². The van der Waals surface area contributed by atoms with Gasteiger partial charge in [0.1, 0.15) is 0 Å². The Balaban J connectivity index is 1.61. The van der Waals surface area contributed by atoms with E-state index in [2.05, 4.69) is 5.32 Å². The van der Waals surface area contributed by atoms with Gasteiger partial charge in [0.05, 0.1) is 19.1 Å². The van der Waals surface area contributed by atoms with Crippen molar-refractivity contribution in [1.82, 2.24) is 9.21 Å². The Morgan fingerprint density at radius 2 is 1.59 bits per heavy atom. The fraction of sp³-hybridized carbons (Fsp3) is 0.350. The summed E-state index contributed by atoms with van der Waals surface area (Å²) < 4.78 is 37.7. The average Bonchev–Trinajstić information content (AvgIpc) is 2.74. The van der Waals surface area contributed by atoms with Gasteiger partial charge in [-0.15, -0.1) is 0 Å². The van der Waals surface area contributed by atoms with Crippen molar-refractivity contribution in [1.29, 1.82) is 0 Å². The normalized spacial score (nSPS) is 15.1. The molecule has 2 aromatic carbocycles. The summed E-state index contributed by atoms with van der Waals surface area (Å²) in [4.78, 5) is 2.29. The van der Waals surface area contributed by atoms with E-state index in [9.17, 15) is 8.42 Å². The van der Waals surface area contributed by atoms with Crippen molar-refractivity contribution in [3.8, 4) is 11.5 Å². The number of aryl methyl sites for hydroxylation is 1. The van der Waals surface area contributed by atoms with E-state index in [1.807, 2.05) is 36.1 Å². The number of piperazine rings is 1. The number of hydrogen-bond acceptors (Lipinski definition) is 5. The highest BCUT2D eigenvalue weighted by Crippen LogP contribution is 2.30. The molecule has 0 aromatic heterocycles. The molecule has 1 N–H and O–H groups in total. The Bertz CT molecular complexity index is 970. The smallest absolute Gasteiger partial charge is 0.243 e. The first-order valence-corrected chi connectivity index (χ1v) is 11.0. The third kappa shape index (κ3) is 4.80. The number of benzene rings is 2. The highest BCUT2D eigenvalue weighted by molar-refractivity contribution is 7.89. The zero-order valence-electron chi connectivity index (χ0n) is 16.7. The molecule has 1 heterocycles. The minimum Gasteiger partial charge on any atom is -0.493 e. The molecular formula is C20H25N3O4S2. The lowest BCUT2D eigenvalue weighted by Crippen LogP contribution is -2.51. The molecule has 3 rings (SSSR count). The summed E-state index contributed by atoms with van der Waals surface area (Å²) >= 11 is 5.51. The lowest BCUT2D eigenvalue weighted by atomic mass is 10.2. The fourth-order valence-electron chi connectivity index (χ4n) is 3.11. The van der Waals surface area contributed by atoms with Crippen LogP contribution in [0.2, 0.25) is 0 Å². The second kappa shape index (κ2) is 8.98. The number of rotatable bonds is 5. The van der Waals surface area contributed by atoms with Gasteiger partial charge in [-0.25, -0.2) is 8.42 Å². The molecule has 0 radical (unpaired) electrons. The van der Waals surface area contributed by atoms with Crippen LogP contribution in [0.25, 0.3) is 0 Å². The molecule has 0 amide bonds. The number of nitrogens with one attached hydrogen (secondary N) is 1. The monoisotopic (exact) mass is 435 g/mol. The molecule has 0 aliphatic carbocycles. The molecule has 29 heavy (non-hydrogen) atoms. The number of methoxy groups -OCH3 is 2. The van der Waals surface area contributed by atoms with Crippen molar-refractivity contribution in [3.63, 3.8) is 0 Å². The zero-order chi connectivity index (χ0) is 21.0. The predicted molar refractivity (Wildman–Crippen MR) is 117 cm³/mol. The zero-order valence-corrected chi connectivity index (χ0v) is 18.3. The van der Waals surface area contributed by atoms with Gasteiger partial charge in [-0.2, -0.15) is 4.31 Å². The molecule has 156 valence electrons. The van der Waals surface area contributed by atoms with Crippen molar-refractivity contribution in [2.45, 2.75) is 11.8 Å². The number of anilines is 1. The summed E-state index contributed by atoms with van der Waals surface area (Å²) in [7, 11) is -0.331. The number of sulfonamides is 1. The maximum Gasteiger partial charge on any atom is 0.243 e. The van der Waals surface area contributed by atoms with Gasteiger partial charge in [-0.1, -0.05) is 17.7 Å². The van der Waals surface area contributed by atoms with Gasteiger partial charge in [0.15, 0.2) is 16.6 Å². The molecular weight excluding hydrogens is 410 g/mol. The highest BCUT2D eigenvalue weighted by Gasteiger charge is 2.29. The van der Waals surface area contributed by atoms with Crippen molar-refractivity contribution in [2.24, 2.45) is 0 Å². The van der Waals surface area contributed by atoms with E-state index in [1.54, 1.807) is 32.4 Å². The molecule has 2 aromatic rings. The van der Waals surface area contributed by atoms with Gasteiger partial charge in [0.2, 0.25) is 10.0 Å². The van der Waals surface area contributed by atoms with Crippen molar-refractivity contribution < 1.29 is 17.9 Å². The van der Waals surface area contributed by atoms with E-state index in [4.69, 9.17) is 21.7 Å². The maximum atomic E-state index is 12.8. The Morgan fingerprint density at radius 3 is 2.17 bits per heavy atom. The van der Waals surface area contributed by atoms with E-state index >= 15 is 0 Å². The average molecular weight is 436 g/mol. The van der Waals surface area contributed by atoms with E-state index in [1.165, 1.54) is 4.31 Å². The minimum atomic E-state index is -3.49. The molecule has 0 atom stereocenters. The molecule has 1 aliphatic heterocycles. The van der Waals surface area contributed by atoms with Crippen molar-refractivity contribution >= 4 is 33.0 Å². The van der Waals surface area contributed by atoms with E-state index in [-0.39, 0.29) is 0 Å². The van der Waals surface area contributed by atoms with Crippen LogP contribution >= 0.6 is 12.2 Å². The van der Waals surface area contributed by atoms with E-state index in [0.717, 1.165) is 11.3 Å². The lowest BCUT2D eigenvalue weighted by molar-refractivity contribution is 0.268. The lowest BCUT2D eigenvalue weighted by Gasteiger charge is -2.35. The second-order valence-corrected chi connectivity index (χ2v) is 9.03. The SMILES string of the molecule is COc1ccc(NC(=S)N2CCN(S(=O)(=O)c3ccc(C)cc3)CC2)cc1OC. The van der Waals surface area contributed by atoms with Crippen LogP contribution < -0.4 is 14.8 Å². The topological polar surface area (TPSA) is 71.1 Å². The molecule has 0 unspecified atom stereocenters. The van der Waals surface area contributed by atoms with E-state index < -0.39 is 10.0 Å². The molecule has 0 saturated carbocycles. The van der Waals surface area contributed by atoms with Crippen LogP contribution in [-0.2, 0) is 10.0 Å². The van der Waals surface area contributed by atoms with Gasteiger partial charge < -0.3 is 19.7 Å². The van der Waals surface area contributed by atoms with E-state index in [0.29, 0.717) is 47.7 Å². The molecule has 1 fully saturated rings. The number of hydrogen-bond donors (Lipinski definition) is 1. The predicted octanol–water partition coefficient (Wildman–Crippen LogP) is 2.72. The van der Waals surface area contributed by atoms with Gasteiger partial charge >= 0.3 is 0 Å². The Morgan fingerprint density at radius 1 is 0.966 bits per heavy atom. The summed E-state index contributed by atoms with van der Waals surface area (Å²) in [5, 5.41) is 3.73. The maximum absolute atomic E-state index is 12.8. The third-order valence-corrected chi connectivity index (χ3v) is 7.09. The molecule has 1 aliphatic rings. The first kappa shape index (κ1) is 21.4. The van der Waals surface area contributed by atoms with Crippen LogP contribution in [0.1, 0.15) is 5.56 Å². The second-order valence-electron chi connectivity index (χ2n) is 6.70. The largest absolute Gasteiger partial charge is 0.493 e. The first-order valence-electron chi connectivity index (χ1n) is 9.20. The Hall–Kier alpha value is -2.36. The third-order valence-electron chi connectivity index (χ3n) is 4.82. The first-order chi connectivity index (χ1) is 13.8. The van der Waals surface area contributed by atoms with Gasteiger partial charge in [-0.3, -0.25) is 0 Å². The summed E-state index contributed by atoms with van der Waals surface area (Å²) in [5.74, 6) is 1.24. The quantitative estimate of drug-likeness (QED) is 0.724. The standard InChI is InChI=1S/C20H25N3O4S2/c1-15-4-7-17(8-5-15)29(24,25)23-12-10-22(11-13-23)20(28)21-16-6-9-18(26-2)19(14-16)27-3/h4-9,14H,10-13H2,1-3H3,(H,21,28). The van der Waals surface area contributed by atoms with Crippen LogP contribution in [0.4, 0.5) is 5.69 Å². The van der Waals surface area contributed by atoms with Crippen LogP contribution in [0, 0.1) is 6.92 Å². The Labute approximate surface area is 177 Å². The molecule has 9 heteroatoms. The van der Waals surface area contributed by atoms with Crippen LogP contribution in [0.5, 0.6) is 11.5 Å². The summed E-state index contributed by atoms with van der Waals surface area (Å²) in [5.41, 5.74) is 1.81. The number of thiocarbonyl (C=S) groups is 1. The fourth-order valence-corrected chi connectivity index (χ4v) is 4.83. The molecule has 1 saturated heterocycles. The highest BCUT2D eigenvalue weighted by atomic mass is 32.2. The van der Waals surface area contributed by atoms with Crippen molar-refractivity contribution in [3.05, 3.63) is 48.0 Å². The summed E-state index contributed by atoms with van der Waals surface area (Å²) in [6, 6.07) is 12.4. The van der Waals surface area contributed by atoms with Crippen molar-refractivity contribution in [2.75, 3.05) is 45.7 Å². The minimum absolute atomic E-state index is 0.322. The van der Waals surface area contributed by atoms with Gasteiger partial charge in [0, 0.05) is 37.9 Å². The molecule has 0 spiro atoms. The number of ether oxygens (including phenoxy) is 2. The van der Waals surface area contributed by atoms with Crippen LogP contribution in [-0.4, -0.2) is 63.1 Å². The Kier molecular flexibility index (Phi) is 6.61. The summed E-state index contributed by atoms with van der Waals surface area (Å²) in [6.07, 6.45) is 0. The molecule has 0 bridgehead atoms. The van der Waals surface area contributed by atoms with Gasteiger partial charge in [0.25, 0.3) is 0 Å². The molecule has 7 nitrogen and oxygen atoms in total. The van der Waals surface area contributed by atoms with Crippen LogP contribution in [0.3, 0.4) is 0 Å².